The van der Waals surface area contributed by atoms with Crippen LogP contribution in [0.4, 0.5) is 0 Å². The third kappa shape index (κ3) is 8.61. The first kappa shape index (κ1) is 30.7. The van der Waals surface area contributed by atoms with E-state index in [0.717, 1.165) is 18.4 Å². The molecule has 0 saturated heterocycles. The summed E-state index contributed by atoms with van der Waals surface area (Å²) in [5, 5.41) is 14.5. The van der Waals surface area contributed by atoms with E-state index in [1.54, 1.807) is 36.4 Å². The molecular weight excluding hydrogens is 542 g/mol. The van der Waals surface area contributed by atoms with Crippen molar-refractivity contribution in [3.8, 4) is 17.2 Å². The molecule has 0 spiro atoms. The van der Waals surface area contributed by atoms with Gasteiger partial charge in [-0.15, -0.1) is 0 Å². The molecule has 2 atom stereocenters. The van der Waals surface area contributed by atoms with Crippen molar-refractivity contribution in [3.63, 3.8) is 0 Å². The number of hydrogen-bond acceptors (Lipinski definition) is 7. The minimum absolute atomic E-state index is 0.196. The van der Waals surface area contributed by atoms with Gasteiger partial charge in [0.25, 0.3) is 5.91 Å². The fourth-order valence-electron chi connectivity index (χ4n) is 5.45. The predicted molar refractivity (Wildman–Crippen MR) is 154 cm³/mol. The lowest BCUT2D eigenvalue weighted by atomic mass is 9.90. The Labute approximate surface area is 245 Å². The summed E-state index contributed by atoms with van der Waals surface area (Å²) in [6, 6.07) is 8.62. The van der Waals surface area contributed by atoms with E-state index in [-0.39, 0.29) is 17.9 Å². The van der Waals surface area contributed by atoms with Crippen molar-refractivity contribution in [1.82, 2.24) is 10.6 Å². The van der Waals surface area contributed by atoms with Crippen molar-refractivity contribution < 1.29 is 38.5 Å². The summed E-state index contributed by atoms with van der Waals surface area (Å²) in [7, 11) is 0. The van der Waals surface area contributed by atoms with E-state index in [2.05, 4.69) is 10.6 Å². The van der Waals surface area contributed by atoms with Gasteiger partial charge in [0.05, 0.1) is 24.8 Å². The molecular formula is C31H39N3O8. The SMILES string of the molecule is CC(=O)N[C@@H](Cc1ccc(OCC(=O)O)cc1)C(=O)NC1CCCOc2cc(OCC3CCCCC3)c(C(N)=O)cc21. The molecule has 5 N–H and O–H groups in total. The minimum atomic E-state index is -1.09. The van der Waals surface area contributed by atoms with Crippen molar-refractivity contribution >= 4 is 23.7 Å². The Bertz CT molecular complexity index is 1270. The van der Waals surface area contributed by atoms with Crippen LogP contribution in [0.5, 0.6) is 17.2 Å². The Kier molecular flexibility index (Phi) is 10.6. The zero-order chi connectivity index (χ0) is 30.1. The summed E-state index contributed by atoms with van der Waals surface area (Å²) in [5.74, 6) is -0.755. The van der Waals surface area contributed by atoms with E-state index in [1.807, 2.05) is 0 Å². The number of hydrogen-bond donors (Lipinski definition) is 4. The Balaban J connectivity index is 1.50. The van der Waals surface area contributed by atoms with E-state index < -0.39 is 36.5 Å². The zero-order valence-corrected chi connectivity index (χ0v) is 23.9. The predicted octanol–water partition coefficient (Wildman–Crippen LogP) is 3.29. The van der Waals surface area contributed by atoms with Crippen LogP contribution in [0.25, 0.3) is 0 Å². The standard InChI is InChI=1S/C31H39N3O8/c1-19(35)33-26(14-20-9-11-22(12-10-20)41-18-29(36)37)31(39)34-25-8-5-13-40-27-16-28(24(30(32)38)15-23(25)27)42-17-21-6-3-2-4-7-21/h9-12,15-16,21,25-26H,2-8,13-14,17-18H2,1H3,(H2,32,38)(H,33,35)(H,34,39)(H,36,37)/t25?,26-/m0/s1. The van der Waals surface area contributed by atoms with Crippen LogP contribution in [0.3, 0.4) is 0 Å². The van der Waals surface area contributed by atoms with E-state index in [1.165, 1.54) is 26.2 Å². The number of aliphatic carboxylic acids is 1. The molecule has 11 heteroatoms. The van der Waals surface area contributed by atoms with Crippen molar-refractivity contribution in [2.75, 3.05) is 19.8 Å². The average Bonchev–Trinajstić information content (AvgIpc) is 3.16. The number of amides is 3. The Morgan fingerprint density at radius 2 is 1.76 bits per heavy atom. The van der Waals surface area contributed by atoms with Crippen LogP contribution in [0.15, 0.2) is 36.4 Å². The molecule has 0 aromatic heterocycles. The quantitative estimate of drug-likeness (QED) is 0.296. The fraction of sp³-hybridized carbons (Fsp3) is 0.484. The number of carboxylic acid groups (broad SMARTS) is 1. The summed E-state index contributed by atoms with van der Waals surface area (Å²) in [4.78, 5) is 48.7. The van der Waals surface area contributed by atoms with E-state index in [0.29, 0.717) is 54.8 Å². The normalized spacial score (nSPS) is 17.5. The molecule has 42 heavy (non-hydrogen) atoms. The van der Waals surface area contributed by atoms with Gasteiger partial charge in [-0.2, -0.15) is 0 Å². The van der Waals surface area contributed by atoms with Crippen LogP contribution in [0.2, 0.25) is 0 Å². The minimum Gasteiger partial charge on any atom is -0.493 e. The van der Waals surface area contributed by atoms with Crippen molar-refractivity contribution in [2.24, 2.45) is 11.7 Å². The molecule has 1 aliphatic carbocycles. The van der Waals surface area contributed by atoms with Gasteiger partial charge in [0.2, 0.25) is 11.8 Å². The number of benzene rings is 2. The van der Waals surface area contributed by atoms with E-state index >= 15 is 0 Å². The number of nitrogens with two attached hydrogens (primary N) is 1. The van der Waals surface area contributed by atoms with Crippen molar-refractivity contribution in [2.45, 2.75) is 70.4 Å². The lowest BCUT2D eigenvalue weighted by Crippen LogP contribution is -2.48. The highest BCUT2D eigenvalue weighted by atomic mass is 16.5. The van der Waals surface area contributed by atoms with Gasteiger partial charge in [-0.05, 0) is 55.4 Å². The van der Waals surface area contributed by atoms with Gasteiger partial charge >= 0.3 is 5.97 Å². The molecule has 2 aromatic carbocycles. The molecule has 1 fully saturated rings. The highest BCUT2D eigenvalue weighted by Crippen LogP contribution is 2.37. The number of rotatable bonds is 12. The first-order chi connectivity index (χ1) is 20.2. The molecule has 11 nitrogen and oxygen atoms in total. The van der Waals surface area contributed by atoms with Crippen LogP contribution in [-0.2, 0) is 20.8 Å². The van der Waals surface area contributed by atoms with Gasteiger partial charge in [0.15, 0.2) is 6.61 Å². The maximum absolute atomic E-state index is 13.5. The molecule has 1 saturated carbocycles. The summed E-state index contributed by atoms with van der Waals surface area (Å²) in [6.07, 6.45) is 7.20. The molecule has 4 rings (SSSR count). The number of carbonyl (C=O) groups excluding carboxylic acids is 3. The van der Waals surface area contributed by atoms with Crippen LogP contribution in [0, 0.1) is 5.92 Å². The second kappa shape index (κ2) is 14.6. The second-order valence-corrected chi connectivity index (χ2v) is 10.9. The summed E-state index contributed by atoms with van der Waals surface area (Å²) >= 11 is 0. The smallest absolute Gasteiger partial charge is 0.341 e. The van der Waals surface area contributed by atoms with Gasteiger partial charge < -0.3 is 35.7 Å². The molecule has 0 radical (unpaired) electrons. The summed E-state index contributed by atoms with van der Waals surface area (Å²) in [6.45, 7) is 1.81. The molecule has 3 amide bonds. The van der Waals surface area contributed by atoms with E-state index in [9.17, 15) is 19.2 Å². The number of ether oxygens (including phenoxy) is 3. The summed E-state index contributed by atoms with van der Waals surface area (Å²) < 4.78 is 17.2. The van der Waals surface area contributed by atoms with Gasteiger partial charge in [-0.1, -0.05) is 31.4 Å². The number of carbonyl (C=O) groups is 4. The molecule has 226 valence electrons. The van der Waals surface area contributed by atoms with Crippen molar-refractivity contribution in [3.05, 3.63) is 53.1 Å². The van der Waals surface area contributed by atoms with E-state index in [4.69, 9.17) is 25.1 Å². The lowest BCUT2D eigenvalue weighted by Gasteiger charge is -2.25. The van der Waals surface area contributed by atoms with Crippen LogP contribution < -0.4 is 30.6 Å². The Morgan fingerprint density at radius 3 is 2.43 bits per heavy atom. The molecule has 1 aliphatic heterocycles. The monoisotopic (exact) mass is 581 g/mol. The zero-order valence-electron chi connectivity index (χ0n) is 23.9. The largest absolute Gasteiger partial charge is 0.493 e. The number of nitrogens with one attached hydrogen (secondary N) is 2. The number of fused-ring (bicyclic) bond motifs is 1. The highest BCUT2D eigenvalue weighted by molar-refractivity contribution is 5.96. The molecule has 2 aromatic rings. The highest BCUT2D eigenvalue weighted by Gasteiger charge is 2.29. The Morgan fingerprint density at radius 1 is 1.02 bits per heavy atom. The third-order valence-corrected chi connectivity index (χ3v) is 7.58. The molecule has 1 unspecified atom stereocenters. The lowest BCUT2D eigenvalue weighted by molar-refractivity contribution is -0.139. The van der Waals surface area contributed by atoms with Gasteiger partial charge in [0, 0.05) is 25.0 Å². The molecule has 1 heterocycles. The van der Waals surface area contributed by atoms with Gasteiger partial charge in [-0.25, -0.2) is 4.79 Å². The molecule has 0 bridgehead atoms. The first-order valence-corrected chi connectivity index (χ1v) is 14.4. The van der Waals surface area contributed by atoms with Gasteiger partial charge in [0.1, 0.15) is 23.3 Å². The van der Waals surface area contributed by atoms with Crippen molar-refractivity contribution in [1.29, 1.82) is 0 Å². The van der Waals surface area contributed by atoms with Gasteiger partial charge in [-0.3, -0.25) is 14.4 Å². The van der Waals surface area contributed by atoms with Crippen LogP contribution >= 0.6 is 0 Å². The maximum Gasteiger partial charge on any atom is 0.341 e. The number of carboxylic acids is 1. The first-order valence-electron chi connectivity index (χ1n) is 14.4. The third-order valence-electron chi connectivity index (χ3n) is 7.58. The summed E-state index contributed by atoms with van der Waals surface area (Å²) in [5.41, 5.74) is 7.35. The Hall–Kier alpha value is -4.28. The molecule has 2 aliphatic rings. The average molecular weight is 582 g/mol. The topological polar surface area (TPSA) is 166 Å². The fourth-order valence-corrected chi connectivity index (χ4v) is 5.45. The van der Waals surface area contributed by atoms with Crippen LogP contribution in [0.1, 0.15) is 79.4 Å². The second-order valence-electron chi connectivity index (χ2n) is 10.9. The number of primary amides is 1. The van der Waals surface area contributed by atoms with Crippen LogP contribution in [-0.4, -0.2) is 54.7 Å². The maximum atomic E-state index is 13.5.